The molecule has 0 radical (unpaired) electrons. The summed E-state index contributed by atoms with van der Waals surface area (Å²) in [4.78, 5) is 38.0. The van der Waals surface area contributed by atoms with Gasteiger partial charge in [0.2, 0.25) is 0 Å². The molecular weight excluding hydrogens is 805 g/mol. The first-order chi connectivity index (χ1) is 32.0. The highest BCUT2D eigenvalue weighted by Crippen LogP contribution is 2.11. The summed E-state index contributed by atoms with van der Waals surface area (Å²) in [6.07, 6.45) is 74.1. The molecule has 0 unspecified atom stereocenters. The predicted molar refractivity (Wildman–Crippen MR) is 279 cm³/mol. The molecule has 0 rings (SSSR count). The van der Waals surface area contributed by atoms with Gasteiger partial charge in [-0.05, 0) is 128 Å². The van der Waals surface area contributed by atoms with Crippen LogP contribution in [-0.4, -0.2) is 37.2 Å². The maximum atomic E-state index is 12.8. The van der Waals surface area contributed by atoms with Crippen molar-refractivity contribution in [3.8, 4) is 0 Å². The van der Waals surface area contributed by atoms with Crippen molar-refractivity contribution < 1.29 is 28.6 Å². The van der Waals surface area contributed by atoms with Crippen LogP contribution in [0.5, 0.6) is 0 Å². The molecule has 0 bridgehead atoms. The normalized spacial score (nSPS) is 13.3. The lowest BCUT2D eigenvalue weighted by molar-refractivity contribution is -0.167. The summed E-state index contributed by atoms with van der Waals surface area (Å²) in [5.41, 5.74) is 0. The Morgan fingerprint density at radius 3 is 0.954 bits per heavy atom. The Morgan fingerprint density at radius 1 is 0.308 bits per heavy atom. The van der Waals surface area contributed by atoms with Crippen LogP contribution < -0.4 is 0 Å². The van der Waals surface area contributed by atoms with E-state index in [-0.39, 0.29) is 44.0 Å². The molecule has 0 amide bonds. The molecule has 0 aromatic carbocycles. The number of hydrogen-bond acceptors (Lipinski definition) is 6. The van der Waals surface area contributed by atoms with Crippen molar-refractivity contribution in [3.05, 3.63) is 146 Å². The van der Waals surface area contributed by atoms with Gasteiger partial charge in [0.1, 0.15) is 13.2 Å². The van der Waals surface area contributed by atoms with Gasteiger partial charge in [-0.2, -0.15) is 0 Å². The third-order valence-electron chi connectivity index (χ3n) is 9.82. The Kier molecular flexibility index (Phi) is 48.2. The lowest BCUT2D eigenvalue weighted by Crippen LogP contribution is -2.30. The van der Waals surface area contributed by atoms with Crippen LogP contribution in [0.3, 0.4) is 0 Å². The zero-order chi connectivity index (χ0) is 47.2. The van der Waals surface area contributed by atoms with E-state index in [0.29, 0.717) is 19.3 Å². The quantitative estimate of drug-likeness (QED) is 0.0263. The van der Waals surface area contributed by atoms with Crippen molar-refractivity contribution >= 4 is 17.9 Å². The highest BCUT2D eigenvalue weighted by Gasteiger charge is 2.19. The Hall–Kier alpha value is -4.71. The van der Waals surface area contributed by atoms with E-state index in [1.165, 1.54) is 0 Å². The summed E-state index contributed by atoms with van der Waals surface area (Å²) in [6.45, 7) is 6.17. The van der Waals surface area contributed by atoms with Gasteiger partial charge in [-0.15, -0.1) is 0 Å². The van der Waals surface area contributed by atoms with E-state index >= 15 is 0 Å². The highest BCUT2D eigenvalue weighted by molar-refractivity contribution is 5.71. The summed E-state index contributed by atoms with van der Waals surface area (Å²) in [5.74, 6) is -1.06. The van der Waals surface area contributed by atoms with E-state index in [9.17, 15) is 14.4 Å². The fourth-order valence-electron chi connectivity index (χ4n) is 6.13. The maximum Gasteiger partial charge on any atom is 0.306 e. The summed E-state index contributed by atoms with van der Waals surface area (Å²) in [5, 5.41) is 0. The van der Waals surface area contributed by atoms with Gasteiger partial charge in [0.15, 0.2) is 6.10 Å². The number of ether oxygens (including phenoxy) is 3. The van der Waals surface area contributed by atoms with E-state index in [1.54, 1.807) is 0 Å². The van der Waals surface area contributed by atoms with Crippen LogP contribution in [-0.2, 0) is 28.6 Å². The second-order valence-electron chi connectivity index (χ2n) is 15.9. The van der Waals surface area contributed by atoms with Crippen LogP contribution in [0.1, 0.15) is 188 Å². The fourth-order valence-corrected chi connectivity index (χ4v) is 6.13. The van der Waals surface area contributed by atoms with E-state index in [1.807, 2.05) is 0 Å². The van der Waals surface area contributed by atoms with E-state index in [2.05, 4.69) is 167 Å². The average Bonchev–Trinajstić information content (AvgIpc) is 3.30. The molecule has 0 spiro atoms. The molecule has 362 valence electrons. The molecule has 0 aromatic heterocycles. The molecule has 0 fully saturated rings. The van der Waals surface area contributed by atoms with Gasteiger partial charge in [0.25, 0.3) is 0 Å². The molecule has 0 saturated heterocycles. The topological polar surface area (TPSA) is 78.9 Å². The van der Waals surface area contributed by atoms with Crippen LogP contribution in [0.2, 0.25) is 0 Å². The molecular formula is C59H90O6. The van der Waals surface area contributed by atoms with Crippen molar-refractivity contribution in [1.82, 2.24) is 0 Å². The van der Waals surface area contributed by atoms with Crippen molar-refractivity contribution in [2.24, 2.45) is 0 Å². The van der Waals surface area contributed by atoms with Crippen molar-refractivity contribution in [2.75, 3.05) is 13.2 Å². The first kappa shape index (κ1) is 60.3. The molecule has 1 atom stereocenters. The highest BCUT2D eigenvalue weighted by atomic mass is 16.6. The number of rotatable bonds is 43. The van der Waals surface area contributed by atoms with E-state index in [4.69, 9.17) is 14.2 Å². The summed E-state index contributed by atoms with van der Waals surface area (Å²) in [6, 6.07) is 0. The number of esters is 3. The summed E-state index contributed by atoms with van der Waals surface area (Å²) < 4.78 is 16.7. The Balaban J connectivity index is 4.61. The molecule has 65 heavy (non-hydrogen) atoms. The second-order valence-corrected chi connectivity index (χ2v) is 15.9. The number of carbonyl (C=O) groups is 3. The van der Waals surface area contributed by atoms with Crippen molar-refractivity contribution in [3.63, 3.8) is 0 Å². The van der Waals surface area contributed by atoms with Crippen LogP contribution in [0.4, 0.5) is 0 Å². The van der Waals surface area contributed by atoms with Gasteiger partial charge >= 0.3 is 17.9 Å². The van der Waals surface area contributed by atoms with Gasteiger partial charge in [-0.3, -0.25) is 14.4 Å². The maximum absolute atomic E-state index is 12.8. The van der Waals surface area contributed by atoms with Crippen molar-refractivity contribution in [1.29, 1.82) is 0 Å². The second kappa shape index (κ2) is 51.9. The van der Waals surface area contributed by atoms with Gasteiger partial charge < -0.3 is 14.2 Å². The lowest BCUT2D eigenvalue weighted by Gasteiger charge is -2.18. The third-order valence-corrected chi connectivity index (χ3v) is 9.82. The first-order valence-corrected chi connectivity index (χ1v) is 25.3. The predicted octanol–water partition coefficient (Wildman–Crippen LogP) is 16.9. The standard InChI is InChI=1S/C59H90O6/c1-4-7-10-13-16-19-22-25-28-29-32-34-37-40-43-46-49-52-58(61)64-55-56(65-59(62)53-50-47-44-41-38-35-31-27-24-21-18-15-12-9-6-3)54-63-57(60)51-48-45-42-39-36-33-30-26-23-20-17-14-11-8-5-2/h7-12,16-21,25-28,30-32,34,38,40-41,43,56H,4-6,13-15,22-24,29,33,35-37,39,42,44-55H2,1-3H3/b10-7-,11-8-,12-9-,19-16-,20-17-,21-18-,28-25-,30-26-,31-27-,34-32-,41-38-,43-40-/t56-/m0/s1. The summed E-state index contributed by atoms with van der Waals surface area (Å²) >= 11 is 0. The molecule has 0 saturated carbocycles. The Morgan fingerprint density at radius 2 is 0.569 bits per heavy atom. The number of carbonyl (C=O) groups excluding carboxylic acids is 3. The molecule has 0 aliphatic rings. The molecule has 6 heteroatoms. The zero-order valence-electron chi connectivity index (χ0n) is 41.2. The molecule has 6 nitrogen and oxygen atoms in total. The largest absolute Gasteiger partial charge is 0.462 e. The number of hydrogen-bond donors (Lipinski definition) is 0. The van der Waals surface area contributed by atoms with Crippen LogP contribution in [0, 0.1) is 0 Å². The van der Waals surface area contributed by atoms with Crippen molar-refractivity contribution in [2.45, 2.75) is 194 Å². The minimum absolute atomic E-state index is 0.128. The third kappa shape index (κ3) is 50.2. The molecule has 0 aromatic rings. The van der Waals surface area contributed by atoms with Crippen LogP contribution in [0.25, 0.3) is 0 Å². The molecule has 0 heterocycles. The summed E-state index contributed by atoms with van der Waals surface area (Å²) in [7, 11) is 0. The Labute approximate surface area is 397 Å². The minimum Gasteiger partial charge on any atom is -0.462 e. The first-order valence-electron chi connectivity index (χ1n) is 25.3. The zero-order valence-corrected chi connectivity index (χ0v) is 41.2. The SMILES string of the molecule is CC/C=C\C/C=C\C/C=C\C/C=C\C/C=C\CCCC(=O)OC[C@H](COC(=O)CCCCCCC/C=C\C/C=C\C/C=C\CC)OC(=O)CCCC/C=C\C/C=C\C/C=C\C/C=C\CC. The van der Waals surface area contributed by atoms with E-state index in [0.717, 1.165) is 135 Å². The monoisotopic (exact) mass is 895 g/mol. The van der Waals surface area contributed by atoms with Crippen LogP contribution >= 0.6 is 0 Å². The van der Waals surface area contributed by atoms with E-state index < -0.39 is 6.10 Å². The number of unbranched alkanes of at least 4 members (excludes halogenated alkanes) is 8. The molecule has 0 aliphatic carbocycles. The van der Waals surface area contributed by atoms with Crippen LogP contribution in [0.15, 0.2) is 146 Å². The smallest absolute Gasteiger partial charge is 0.306 e. The Bertz CT molecular complexity index is 1490. The average molecular weight is 895 g/mol. The van der Waals surface area contributed by atoms with Gasteiger partial charge in [-0.25, -0.2) is 0 Å². The minimum atomic E-state index is -0.836. The van der Waals surface area contributed by atoms with Gasteiger partial charge in [0.05, 0.1) is 0 Å². The number of allylic oxidation sites excluding steroid dienone is 24. The molecule has 0 aliphatic heterocycles. The lowest BCUT2D eigenvalue weighted by atomic mass is 10.1. The fraction of sp³-hybridized carbons (Fsp3) is 0.542. The molecule has 0 N–H and O–H groups in total. The van der Waals surface area contributed by atoms with Gasteiger partial charge in [-0.1, -0.05) is 186 Å². The van der Waals surface area contributed by atoms with Gasteiger partial charge in [0, 0.05) is 19.3 Å².